The number of hydrogen-bond donors (Lipinski definition) is 2. The molecular formula is C17H13NO4. The third-order valence-corrected chi connectivity index (χ3v) is 3.27. The number of benzene rings is 2. The number of fused-ring (bicyclic) bond motifs is 1. The molecule has 0 radical (unpaired) electrons. The van der Waals surface area contributed by atoms with Gasteiger partial charge in [-0.25, -0.2) is 4.79 Å². The molecule has 0 aliphatic rings. The summed E-state index contributed by atoms with van der Waals surface area (Å²) in [6.45, 7) is 1.60. The highest BCUT2D eigenvalue weighted by molar-refractivity contribution is 6.05. The van der Waals surface area contributed by atoms with Crippen molar-refractivity contribution in [1.82, 2.24) is 0 Å². The zero-order chi connectivity index (χ0) is 15.7. The molecule has 0 aliphatic heterocycles. The lowest BCUT2D eigenvalue weighted by molar-refractivity contribution is 0.466. The van der Waals surface area contributed by atoms with Gasteiger partial charge in [0.15, 0.2) is 0 Å². The van der Waals surface area contributed by atoms with Gasteiger partial charge in [-0.15, -0.1) is 0 Å². The molecule has 0 atom stereocenters. The van der Waals surface area contributed by atoms with Crippen LogP contribution in [0.15, 0.2) is 62.7 Å². The molecule has 3 aromatic rings. The largest absolute Gasteiger partial charge is 0.508 e. The molecule has 0 spiro atoms. The summed E-state index contributed by atoms with van der Waals surface area (Å²) >= 11 is 0. The number of nitrogens with zero attached hydrogens (tertiary/aromatic N) is 1. The van der Waals surface area contributed by atoms with Gasteiger partial charge < -0.3 is 14.6 Å². The fourth-order valence-electron chi connectivity index (χ4n) is 2.26. The van der Waals surface area contributed by atoms with Crippen molar-refractivity contribution in [2.45, 2.75) is 6.92 Å². The summed E-state index contributed by atoms with van der Waals surface area (Å²) in [5, 5.41) is 20.2. The summed E-state index contributed by atoms with van der Waals surface area (Å²) < 4.78 is 5.21. The molecule has 2 aromatic carbocycles. The lowest BCUT2D eigenvalue weighted by Gasteiger charge is -2.06. The van der Waals surface area contributed by atoms with Gasteiger partial charge in [-0.1, -0.05) is 18.2 Å². The Labute approximate surface area is 125 Å². The molecule has 110 valence electrons. The first-order valence-corrected chi connectivity index (χ1v) is 6.66. The van der Waals surface area contributed by atoms with Crippen LogP contribution in [0.5, 0.6) is 11.5 Å². The van der Waals surface area contributed by atoms with Crippen molar-refractivity contribution < 1.29 is 14.6 Å². The molecule has 1 aromatic heterocycles. The predicted molar refractivity (Wildman–Crippen MR) is 84.1 cm³/mol. The maximum Gasteiger partial charge on any atom is 0.349 e. The van der Waals surface area contributed by atoms with E-state index >= 15 is 0 Å². The Balaban J connectivity index is 2.19. The summed E-state index contributed by atoms with van der Waals surface area (Å²) in [5.74, 6) is -0.0860. The summed E-state index contributed by atoms with van der Waals surface area (Å²) in [7, 11) is 0. The molecule has 3 rings (SSSR count). The number of rotatable bonds is 2. The Bertz CT molecular complexity index is 941. The lowest BCUT2D eigenvalue weighted by atomic mass is 10.1. The van der Waals surface area contributed by atoms with Gasteiger partial charge >= 0.3 is 5.63 Å². The van der Waals surface area contributed by atoms with Crippen LogP contribution in [0.4, 0.5) is 5.69 Å². The number of aromatic hydroxyl groups is 2. The highest BCUT2D eigenvalue weighted by atomic mass is 16.4. The molecule has 5 nitrogen and oxygen atoms in total. The van der Waals surface area contributed by atoms with E-state index in [4.69, 9.17) is 4.42 Å². The van der Waals surface area contributed by atoms with Crippen LogP contribution in [0.3, 0.4) is 0 Å². The first kappa shape index (κ1) is 13.9. The van der Waals surface area contributed by atoms with Crippen LogP contribution in [0.2, 0.25) is 0 Å². The van der Waals surface area contributed by atoms with Gasteiger partial charge in [-0.05, 0) is 31.2 Å². The van der Waals surface area contributed by atoms with E-state index in [1.807, 2.05) is 0 Å². The van der Waals surface area contributed by atoms with Crippen LogP contribution in [0.1, 0.15) is 12.5 Å². The molecule has 1 heterocycles. The van der Waals surface area contributed by atoms with Crippen molar-refractivity contribution in [3.8, 4) is 11.5 Å². The second kappa shape index (κ2) is 5.37. The lowest BCUT2D eigenvalue weighted by Crippen LogP contribution is -2.12. The summed E-state index contributed by atoms with van der Waals surface area (Å²) in [5.41, 5.74) is 0.464. The van der Waals surface area contributed by atoms with Crippen molar-refractivity contribution in [3.05, 3.63) is 64.5 Å². The molecule has 0 unspecified atom stereocenters. The van der Waals surface area contributed by atoms with Crippen LogP contribution in [-0.2, 0) is 0 Å². The van der Waals surface area contributed by atoms with E-state index < -0.39 is 5.63 Å². The fraction of sp³-hybridized carbons (Fsp3) is 0.0588. The highest BCUT2D eigenvalue weighted by Crippen LogP contribution is 2.27. The highest BCUT2D eigenvalue weighted by Gasteiger charge is 2.16. The third-order valence-electron chi connectivity index (χ3n) is 3.27. The van der Waals surface area contributed by atoms with Crippen LogP contribution in [0.25, 0.3) is 11.0 Å². The molecule has 2 N–H and O–H groups in total. The van der Waals surface area contributed by atoms with Crippen molar-refractivity contribution in [2.75, 3.05) is 0 Å². The van der Waals surface area contributed by atoms with Gasteiger partial charge in [0, 0.05) is 6.07 Å². The molecule has 0 bridgehead atoms. The van der Waals surface area contributed by atoms with Gasteiger partial charge in [0.1, 0.15) is 22.6 Å². The molecule has 22 heavy (non-hydrogen) atoms. The number of phenolic OH excluding ortho intramolecular Hbond substituents is 1. The minimum absolute atomic E-state index is 0.0158. The second-order valence-corrected chi connectivity index (χ2v) is 4.83. The number of phenols is 1. The quantitative estimate of drug-likeness (QED) is 0.561. The van der Waals surface area contributed by atoms with E-state index in [-0.39, 0.29) is 17.1 Å². The van der Waals surface area contributed by atoms with Crippen LogP contribution < -0.4 is 5.63 Å². The van der Waals surface area contributed by atoms with E-state index in [1.54, 1.807) is 43.3 Å². The Morgan fingerprint density at radius 2 is 1.86 bits per heavy atom. The first-order valence-electron chi connectivity index (χ1n) is 6.66. The average Bonchev–Trinajstić information content (AvgIpc) is 2.47. The third kappa shape index (κ3) is 2.44. The fourth-order valence-corrected chi connectivity index (χ4v) is 2.26. The Hall–Kier alpha value is -3.08. The van der Waals surface area contributed by atoms with Crippen LogP contribution in [0, 0.1) is 0 Å². The van der Waals surface area contributed by atoms with Crippen LogP contribution in [-0.4, -0.2) is 15.9 Å². The Kier molecular flexibility index (Phi) is 3.39. The molecular weight excluding hydrogens is 282 g/mol. The number of hydrogen-bond acceptors (Lipinski definition) is 5. The minimum atomic E-state index is -0.655. The second-order valence-electron chi connectivity index (χ2n) is 4.83. The maximum atomic E-state index is 12.1. The Morgan fingerprint density at radius 1 is 1.09 bits per heavy atom. The first-order chi connectivity index (χ1) is 10.6. The average molecular weight is 295 g/mol. The van der Waals surface area contributed by atoms with Gasteiger partial charge in [0.05, 0.1) is 16.8 Å². The topological polar surface area (TPSA) is 83.0 Å². The van der Waals surface area contributed by atoms with E-state index in [2.05, 4.69) is 4.99 Å². The molecule has 0 aliphatic carbocycles. The monoisotopic (exact) mass is 295 g/mol. The van der Waals surface area contributed by atoms with Gasteiger partial charge in [0.2, 0.25) is 0 Å². The number of para-hydroxylation sites is 1. The summed E-state index contributed by atoms with van der Waals surface area (Å²) in [6.07, 6.45) is 0. The molecule has 0 amide bonds. The molecule has 0 saturated carbocycles. The summed E-state index contributed by atoms with van der Waals surface area (Å²) in [6, 6.07) is 13.1. The van der Waals surface area contributed by atoms with E-state index in [9.17, 15) is 15.0 Å². The summed E-state index contributed by atoms with van der Waals surface area (Å²) in [4.78, 5) is 16.4. The van der Waals surface area contributed by atoms with E-state index in [1.165, 1.54) is 12.1 Å². The number of aliphatic imine (C=N–C) groups is 1. The SMILES string of the molecule is CC(=Nc1cccc(O)c1)c1c(O)c2ccccc2oc1=O. The van der Waals surface area contributed by atoms with Crippen molar-refractivity contribution in [2.24, 2.45) is 4.99 Å². The zero-order valence-electron chi connectivity index (χ0n) is 11.8. The normalized spacial score (nSPS) is 11.8. The molecule has 0 fully saturated rings. The Morgan fingerprint density at radius 3 is 2.64 bits per heavy atom. The van der Waals surface area contributed by atoms with Crippen LogP contribution >= 0.6 is 0 Å². The van der Waals surface area contributed by atoms with E-state index in [0.717, 1.165) is 0 Å². The minimum Gasteiger partial charge on any atom is -0.508 e. The zero-order valence-corrected chi connectivity index (χ0v) is 11.8. The smallest absolute Gasteiger partial charge is 0.349 e. The van der Waals surface area contributed by atoms with Gasteiger partial charge in [-0.3, -0.25) is 4.99 Å². The molecule has 5 heteroatoms. The van der Waals surface area contributed by atoms with E-state index in [0.29, 0.717) is 22.4 Å². The maximum absolute atomic E-state index is 12.1. The standard InChI is InChI=1S/C17H13NO4/c1-10(18-11-5-4-6-12(19)9-11)15-16(20)13-7-2-3-8-14(13)22-17(15)21/h2-9,19-20H,1H3. The van der Waals surface area contributed by atoms with Crippen molar-refractivity contribution in [3.63, 3.8) is 0 Å². The van der Waals surface area contributed by atoms with Crippen molar-refractivity contribution in [1.29, 1.82) is 0 Å². The van der Waals surface area contributed by atoms with Crippen molar-refractivity contribution >= 4 is 22.4 Å². The van der Waals surface area contributed by atoms with Gasteiger partial charge in [-0.2, -0.15) is 0 Å². The van der Waals surface area contributed by atoms with Gasteiger partial charge in [0.25, 0.3) is 0 Å². The molecule has 0 saturated heterocycles. The predicted octanol–water partition coefficient (Wildman–Crippen LogP) is 3.34.